The molecule has 2 aliphatic rings. The van der Waals surface area contributed by atoms with Crippen LogP contribution in [0, 0.1) is 20.8 Å². The Morgan fingerprint density at radius 3 is 2.65 bits per heavy atom. The van der Waals surface area contributed by atoms with Crippen LogP contribution in [0.4, 0.5) is 5.69 Å². The molecule has 8 heteroatoms. The number of anilines is 1. The molecule has 8 nitrogen and oxygen atoms in total. The summed E-state index contributed by atoms with van der Waals surface area (Å²) < 4.78 is 18.3. The zero-order valence-electron chi connectivity index (χ0n) is 24.6. The second-order valence-electron chi connectivity index (χ2n) is 11.9. The van der Waals surface area contributed by atoms with Crippen molar-refractivity contribution >= 4 is 16.6 Å². The van der Waals surface area contributed by atoms with Gasteiger partial charge in [-0.15, -0.1) is 0 Å². The van der Waals surface area contributed by atoms with Gasteiger partial charge in [0.25, 0.3) is 0 Å². The molecule has 0 spiro atoms. The molecule has 1 fully saturated rings. The van der Waals surface area contributed by atoms with E-state index >= 15 is 0 Å². The topological polar surface area (TPSA) is 85.4 Å². The lowest BCUT2D eigenvalue weighted by Gasteiger charge is -2.33. The van der Waals surface area contributed by atoms with Crippen LogP contribution >= 0.6 is 0 Å². The third kappa shape index (κ3) is 4.95. The molecule has 0 amide bonds. The standard InChI is InChI=1S/C32H39N5O3/c1-18(2)22-10-8-19(3)27(14-22)37-13-12-25-24(15-37)31(38-16-23-17-39-32(6,7)40-23)34-30(33-25)28-20(4)9-11-26-29(28)21(5)35-36-26/h8-11,14,18,23H,12-13,15-17H2,1-7H3,(H,35,36)/t23-/m0/s1. The summed E-state index contributed by atoms with van der Waals surface area (Å²) in [6, 6.07) is 10.9. The molecule has 4 heterocycles. The molecule has 1 atom stereocenters. The second-order valence-corrected chi connectivity index (χ2v) is 11.9. The van der Waals surface area contributed by atoms with E-state index in [0.717, 1.165) is 51.9 Å². The Labute approximate surface area is 236 Å². The van der Waals surface area contributed by atoms with Crippen LogP contribution in [0.5, 0.6) is 5.88 Å². The predicted octanol–water partition coefficient (Wildman–Crippen LogP) is 6.16. The largest absolute Gasteiger partial charge is 0.474 e. The number of aromatic nitrogens is 4. The molecule has 0 bridgehead atoms. The van der Waals surface area contributed by atoms with E-state index in [-0.39, 0.29) is 6.10 Å². The first-order valence-corrected chi connectivity index (χ1v) is 14.2. The third-order valence-electron chi connectivity index (χ3n) is 8.07. The average Bonchev–Trinajstić information content (AvgIpc) is 3.47. The average molecular weight is 542 g/mol. The van der Waals surface area contributed by atoms with Crippen LogP contribution in [0.3, 0.4) is 0 Å². The van der Waals surface area contributed by atoms with Gasteiger partial charge >= 0.3 is 0 Å². The first kappa shape index (κ1) is 26.7. The molecule has 0 unspecified atom stereocenters. The van der Waals surface area contributed by atoms with Crippen molar-refractivity contribution in [1.82, 2.24) is 20.2 Å². The van der Waals surface area contributed by atoms with Crippen molar-refractivity contribution in [2.75, 3.05) is 24.7 Å². The third-order valence-corrected chi connectivity index (χ3v) is 8.07. The van der Waals surface area contributed by atoms with Crippen molar-refractivity contribution in [3.8, 4) is 17.3 Å². The van der Waals surface area contributed by atoms with Gasteiger partial charge < -0.3 is 19.1 Å². The van der Waals surface area contributed by atoms with E-state index in [4.69, 9.17) is 24.2 Å². The first-order valence-electron chi connectivity index (χ1n) is 14.2. The van der Waals surface area contributed by atoms with E-state index < -0.39 is 5.79 Å². The van der Waals surface area contributed by atoms with Crippen LogP contribution in [-0.2, 0) is 22.4 Å². The molecule has 1 saturated heterocycles. The summed E-state index contributed by atoms with van der Waals surface area (Å²) in [5.41, 5.74) is 9.97. The zero-order valence-corrected chi connectivity index (χ0v) is 24.6. The number of H-pyrrole nitrogens is 1. The van der Waals surface area contributed by atoms with Crippen LogP contribution in [0.25, 0.3) is 22.3 Å². The maximum Gasteiger partial charge on any atom is 0.222 e. The molecule has 4 aromatic rings. The predicted molar refractivity (Wildman–Crippen MR) is 157 cm³/mol. The lowest BCUT2D eigenvalue weighted by atomic mass is 9.98. The Morgan fingerprint density at radius 1 is 1.10 bits per heavy atom. The first-order chi connectivity index (χ1) is 19.1. The summed E-state index contributed by atoms with van der Waals surface area (Å²) >= 11 is 0. The maximum absolute atomic E-state index is 6.48. The van der Waals surface area contributed by atoms with Crippen LogP contribution in [0.15, 0.2) is 30.3 Å². The SMILES string of the molecule is Cc1ccc(C(C)C)cc1N1CCc2nc(-c3c(C)ccc4n[nH]c(C)c34)nc(OC[C@H]3COC(C)(C)O3)c2C1. The van der Waals surface area contributed by atoms with E-state index in [1.54, 1.807) is 0 Å². The monoisotopic (exact) mass is 541 g/mol. The fraction of sp³-hybridized carbons (Fsp3) is 0.469. The molecule has 2 aromatic carbocycles. The van der Waals surface area contributed by atoms with Gasteiger partial charge in [0.05, 0.1) is 29.9 Å². The van der Waals surface area contributed by atoms with Gasteiger partial charge in [-0.25, -0.2) is 4.98 Å². The number of aryl methyl sites for hydroxylation is 3. The molecule has 0 radical (unpaired) electrons. The number of aromatic amines is 1. The Balaban J connectivity index is 1.41. The second kappa shape index (κ2) is 10.2. The fourth-order valence-corrected chi connectivity index (χ4v) is 5.82. The molecule has 6 rings (SSSR count). The molecule has 40 heavy (non-hydrogen) atoms. The van der Waals surface area contributed by atoms with Gasteiger partial charge in [-0.2, -0.15) is 10.1 Å². The van der Waals surface area contributed by atoms with E-state index in [9.17, 15) is 0 Å². The van der Waals surface area contributed by atoms with Crippen LogP contribution in [0.2, 0.25) is 0 Å². The molecule has 0 saturated carbocycles. The number of benzene rings is 2. The number of nitrogens with one attached hydrogen (secondary N) is 1. The lowest BCUT2D eigenvalue weighted by Crippen LogP contribution is -2.33. The summed E-state index contributed by atoms with van der Waals surface area (Å²) in [6.07, 6.45) is 0.650. The number of rotatable bonds is 6. The number of ether oxygens (including phenoxy) is 3. The quantitative estimate of drug-likeness (QED) is 0.313. The molecular formula is C32H39N5O3. The highest BCUT2D eigenvalue weighted by molar-refractivity contribution is 5.96. The summed E-state index contributed by atoms with van der Waals surface area (Å²) in [6.45, 7) is 17.1. The van der Waals surface area contributed by atoms with Crippen LogP contribution < -0.4 is 9.64 Å². The van der Waals surface area contributed by atoms with Gasteiger partial charge in [0.1, 0.15) is 12.7 Å². The summed E-state index contributed by atoms with van der Waals surface area (Å²) in [7, 11) is 0. The van der Waals surface area contributed by atoms with Crippen molar-refractivity contribution in [2.24, 2.45) is 0 Å². The van der Waals surface area contributed by atoms with E-state index in [1.165, 1.54) is 16.8 Å². The number of hydrogen-bond acceptors (Lipinski definition) is 7. The highest BCUT2D eigenvalue weighted by Gasteiger charge is 2.34. The lowest BCUT2D eigenvalue weighted by molar-refractivity contribution is -0.141. The van der Waals surface area contributed by atoms with Crippen LogP contribution in [-0.4, -0.2) is 51.8 Å². The highest BCUT2D eigenvalue weighted by Crippen LogP contribution is 2.37. The maximum atomic E-state index is 6.48. The van der Waals surface area contributed by atoms with Gasteiger partial charge in [-0.05, 0) is 69.4 Å². The minimum absolute atomic E-state index is 0.157. The number of nitrogens with zero attached hydrogens (tertiary/aromatic N) is 4. The van der Waals surface area contributed by atoms with Crippen molar-refractivity contribution in [3.05, 3.63) is 64.0 Å². The highest BCUT2D eigenvalue weighted by atomic mass is 16.7. The minimum Gasteiger partial charge on any atom is -0.474 e. The molecule has 2 aromatic heterocycles. The summed E-state index contributed by atoms with van der Waals surface area (Å²) in [4.78, 5) is 12.7. The van der Waals surface area contributed by atoms with E-state index in [2.05, 4.69) is 67.1 Å². The van der Waals surface area contributed by atoms with Crippen molar-refractivity contribution in [3.63, 3.8) is 0 Å². The molecule has 210 valence electrons. The Hall–Kier alpha value is -3.49. The van der Waals surface area contributed by atoms with Gasteiger partial charge in [0.2, 0.25) is 5.88 Å². The van der Waals surface area contributed by atoms with E-state index in [1.807, 2.05) is 26.8 Å². The molecule has 2 aliphatic heterocycles. The van der Waals surface area contributed by atoms with Crippen molar-refractivity contribution in [1.29, 1.82) is 0 Å². The summed E-state index contributed by atoms with van der Waals surface area (Å²) in [5.74, 6) is 1.16. The minimum atomic E-state index is -0.606. The molecule has 1 N–H and O–H groups in total. The zero-order chi connectivity index (χ0) is 28.2. The Morgan fingerprint density at radius 2 is 1.90 bits per heavy atom. The number of fused-ring (bicyclic) bond motifs is 2. The molecule has 0 aliphatic carbocycles. The van der Waals surface area contributed by atoms with E-state index in [0.29, 0.717) is 37.4 Å². The Bertz CT molecular complexity index is 1570. The summed E-state index contributed by atoms with van der Waals surface area (Å²) in [5, 5.41) is 8.66. The van der Waals surface area contributed by atoms with Crippen molar-refractivity contribution in [2.45, 2.75) is 79.2 Å². The Kier molecular flexibility index (Phi) is 6.79. The fourth-order valence-electron chi connectivity index (χ4n) is 5.82. The molecular weight excluding hydrogens is 502 g/mol. The van der Waals surface area contributed by atoms with Gasteiger partial charge in [0, 0.05) is 35.3 Å². The number of hydrogen-bond donors (Lipinski definition) is 1. The van der Waals surface area contributed by atoms with Gasteiger partial charge in [0.15, 0.2) is 11.6 Å². The van der Waals surface area contributed by atoms with Gasteiger partial charge in [-0.1, -0.05) is 32.0 Å². The smallest absolute Gasteiger partial charge is 0.222 e. The van der Waals surface area contributed by atoms with Crippen LogP contribution in [0.1, 0.15) is 67.3 Å². The normalized spacial score (nSPS) is 18.5. The van der Waals surface area contributed by atoms with Gasteiger partial charge in [-0.3, -0.25) is 5.10 Å². The van der Waals surface area contributed by atoms with Crippen molar-refractivity contribution < 1.29 is 14.2 Å².